The molecule has 0 bridgehead atoms. The highest BCUT2D eigenvalue weighted by atomic mass is 127. The third-order valence-electron chi connectivity index (χ3n) is 4.25. The molecule has 5 nitrogen and oxygen atoms in total. The molecule has 1 aliphatic rings. The van der Waals surface area contributed by atoms with Crippen molar-refractivity contribution in [3.05, 3.63) is 52.2 Å². The minimum absolute atomic E-state index is 0. The molecular weight excluding hydrogens is 459 g/mol. The number of halogens is 1. The number of anilines is 1. The van der Waals surface area contributed by atoms with Gasteiger partial charge in [-0.25, -0.2) is 0 Å². The maximum absolute atomic E-state index is 11.8. The van der Waals surface area contributed by atoms with Crippen LogP contribution >= 0.6 is 35.3 Å². The molecule has 0 unspecified atom stereocenters. The second-order valence-corrected chi connectivity index (χ2v) is 7.03. The average Bonchev–Trinajstić information content (AvgIpc) is 3.30. The van der Waals surface area contributed by atoms with E-state index in [1.165, 1.54) is 4.88 Å². The fourth-order valence-corrected chi connectivity index (χ4v) is 3.59. The van der Waals surface area contributed by atoms with E-state index in [2.05, 4.69) is 45.3 Å². The van der Waals surface area contributed by atoms with Crippen molar-refractivity contribution in [2.24, 2.45) is 4.99 Å². The number of carbonyl (C=O) groups excluding carboxylic acids is 1. The zero-order valence-electron chi connectivity index (χ0n) is 14.9. The number of aliphatic imine (C=N–C) groups is 1. The lowest BCUT2D eigenvalue weighted by Crippen LogP contribution is -2.37. The van der Waals surface area contributed by atoms with Crippen LogP contribution in [0.5, 0.6) is 0 Å². The van der Waals surface area contributed by atoms with Gasteiger partial charge in [-0.3, -0.25) is 9.79 Å². The molecule has 2 aromatic rings. The van der Waals surface area contributed by atoms with Crippen LogP contribution in [-0.2, 0) is 17.8 Å². The number of hydrogen-bond acceptors (Lipinski definition) is 3. The fourth-order valence-electron chi connectivity index (χ4n) is 2.88. The third-order valence-corrected chi connectivity index (χ3v) is 5.19. The van der Waals surface area contributed by atoms with Crippen molar-refractivity contribution in [3.8, 4) is 0 Å². The second kappa shape index (κ2) is 10.5. The summed E-state index contributed by atoms with van der Waals surface area (Å²) >= 11 is 1.78. The number of benzene rings is 1. The van der Waals surface area contributed by atoms with Gasteiger partial charge in [0, 0.05) is 43.7 Å². The van der Waals surface area contributed by atoms with E-state index in [1.54, 1.807) is 18.4 Å². The molecule has 0 radical (unpaired) electrons. The highest BCUT2D eigenvalue weighted by Crippen LogP contribution is 2.21. The molecule has 1 aromatic carbocycles. The summed E-state index contributed by atoms with van der Waals surface area (Å²) in [4.78, 5) is 19.3. The summed E-state index contributed by atoms with van der Waals surface area (Å²) < 4.78 is 0. The number of guanidine groups is 1. The summed E-state index contributed by atoms with van der Waals surface area (Å²) in [7, 11) is 1.78. The average molecular weight is 484 g/mol. The summed E-state index contributed by atoms with van der Waals surface area (Å²) in [5.74, 6) is 1.02. The summed E-state index contributed by atoms with van der Waals surface area (Å²) in [5.41, 5.74) is 2.15. The first-order valence-corrected chi connectivity index (χ1v) is 9.50. The Bertz CT molecular complexity index is 716. The predicted molar refractivity (Wildman–Crippen MR) is 120 cm³/mol. The van der Waals surface area contributed by atoms with E-state index in [0.717, 1.165) is 43.1 Å². The maximum atomic E-state index is 11.8. The van der Waals surface area contributed by atoms with Crippen LogP contribution < -0.4 is 15.5 Å². The fraction of sp³-hybridized carbons (Fsp3) is 0.368. The van der Waals surface area contributed by atoms with Crippen LogP contribution in [0.25, 0.3) is 0 Å². The molecule has 140 valence electrons. The molecule has 2 heterocycles. The molecule has 2 N–H and O–H groups in total. The van der Waals surface area contributed by atoms with Crippen LogP contribution in [0, 0.1) is 0 Å². The van der Waals surface area contributed by atoms with E-state index in [4.69, 9.17) is 0 Å². The first-order valence-electron chi connectivity index (χ1n) is 8.62. The first kappa shape index (κ1) is 20.7. The van der Waals surface area contributed by atoms with Gasteiger partial charge in [0.05, 0.1) is 0 Å². The van der Waals surface area contributed by atoms with Gasteiger partial charge in [-0.2, -0.15) is 0 Å². The highest BCUT2D eigenvalue weighted by Gasteiger charge is 2.21. The van der Waals surface area contributed by atoms with E-state index in [0.29, 0.717) is 13.0 Å². The van der Waals surface area contributed by atoms with Gasteiger partial charge in [-0.05, 0) is 42.0 Å². The molecule has 7 heteroatoms. The lowest BCUT2D eigenvalue weighted by Gasteiger charge is -2.16. The Morgan fingerprint density at radius 2 is 2.04 bits per heavy atom. The molecule has 0 aliphatic carbocycles. The number of nitrogens with one attached hydrogen (secondary N) is 2. The Morgan fingerprint density at radius 3 is 2.65 bits per heavy atom. The molecule has 1 fully saturated rings. The standard InChI is InChI=1S/C19H24N4OS.HI/c1-20-19(21-11-10-17-4-3-13-25-17)22-14-15-6-8-16(9-7-15)23-12-2-5-18(23)24;/h3-4,6-9,13H,2,5,10-12,14H2,1H3,(H2,20,21,22);1H. The van der Waals surface area contributed by atoms with Crippen LogP contribution in [-0.4, -0.2) is 32.0 Å². The van der Waals surface area contributed by atoms with Crippen LogP contribution in [0.3, 0.4) is 0 Å². The number of amides is 1. The first-order chi connectivity index (χ1) is 12.3. The minimum Gasteiger partial charge on any atom is -0.356 e. The number of carbonyl (C=O) groups is 1. The second-order valence-electron chi connectivity index (χ2n) is 6.00. The zero-order valence-corrected chi connectivity index (χ0v) is 18.1. The normalized spacial score (nSPS) is 14.3. The van der Waals surface area contributed by atoms with Gasteiger partial charge in [0.2, 0.25) is 5.91 Å². The van der Waals surface area contributed by atoms with Crippen LogP contribution in [0.2, 0.25) is 0 Å². The number of rotatable bonds is 6. The zero-order chi connectivity index (χ0) is 17.5. The molecule has 1 aromatic heterocycles. The molecule has 0 spiro atoms. The summed E-state index contributed by atoms with van der Waals surface area (Å²) in [6, 6.07) is 12.4. The number of thiophene rings is 1. The predicted octanol–water partition coefficient (Wildman–Crippen LogP) is 3.40. The number of hydrogen-bond donors (Lipinski definition) is 2. The van der Waals surface area contributed by atoms with Crippen LogP contribution in [0.15, 0.2) is 46.8 Å². The molecule has 1 saturated heterocycles. The lowest BCUT2D eigenvalue weighted by atomic mass is 10.2. The van der Waals surface area contributed by atoms with E-state index < -0.39 is 0 Å². The molecule has 3 rings (SSSR count). The molecule has 1 aliphatic heterocycles. The van der Waals surface area contributed by atoms with Crippen molar-refractivity contribution in [1.82, 2.24) is 10.6 Å². The van der Waals surface area contributed by atoms with Gasteiger partial charge in [0.1, 0.15) is 0 Å². The molecule has 26 heavy (non-hydrogen) atoms. The third kappa shape index (κ3) is 5.70. The van der Waals surface area contributed by atoms with Gasteiger partial charge in [0.25, 0.3) is 0 Å². The van der Waals surface area contributed by atoms with Gasteiger partial charge < -0.3 is 15.5 Å². The Balaban J connectivity index is 0.00000243. The Hall–Kier alpha value is -1.61. The largest absolute Gasteiger partial charge is 0.356 e. The van der Waals surface area contributed by atoms with Crippen molar-refractivity contribution < 1.29 is 4.79 Å². The van der Waals surface area contributed by atoms with Crippen LogP contribution in [0.4, 0.5) is 5.69 Å². The Labute approximate surface area is 175 Å². The molecular formula is C19H25IN4OS. The van der Waals surface area contributed by atoms with E-state index in [9.17, 15) is 4.79 Å². The van der Waals surface area contributed by atoms with Crippen LogP contribution in [0.1, 0.15) is 23.3 Å². The van der Waals surface area contributed by atoms with Gasteiger partial charge in [0.15, 0.2) is 5.96 Å². The monoisotopic (exact) mass is 484 g/mol. The summed E-state index contributed by atoms with van der Waals surface area (Å²) in [6.45, 7) is 2.39. The quantitative estimate of drug-likeness (QED) is 0.376. The van der Waals surface area contributed by atoms with E-state index in [1.807, 2.05) is 17.0 Å². The topological polar surface area (TPSA) is 56.7 Å². The molecule has 0 atom stereocenters. The minimum atomic E-state index is 0. The van der Waals surface area contributed by atoms with Gasteiger partial charge >= 0.3 is 0 Å². The van der Waals surface area contributed by atoms with Crippen molar-refractivity contribution in [1.29, 1.82) is 0 Å². The molecule has 0 saturated carbocycles. The summed E-state index contributed by atoms with van der Waals surface area (Å²) in [6.07, 6.45) is 2.61. The smallest absolute Gasteiger partial charge is 0.227 e. The van der Waals surface area contributed by atoms with Crippen molar-refractivity contribution >= 4 is 52.9 Å². The van der Waals surface area contributed by atoms with Crippen molar-refractivity contribution in [3.63, 3.8) is 0 Å². The molecule has 1 amide bonds. The Morgan fingerprint density at radius 1 is 1.23 bits per heavy atom. The SMILES string of the molecule is CN=C(NCCc1cccs1)NCc1ccc(N2CCCC2=O)cc1.I. The lowest BCUT2D eigenvalue weighted by molar-refractivity contribution is -0.117. The van der Waals surface area contributed by atoms with Crippen molar-refractivity contribution in [2.45, 2.75) is 25.8 Å². The van der Waals surface area contributed by atoms with Crippen molar-refractivity contribution in [2.75, 3.05) is 25.0 Å². The van der Waals surface area contributed by atoms with Gasteiger partial charge in [-0.1, -0.05) is 18.2 Å². The van der Waals surface area contributed by atoms with E-state index >= 15 is 0 Å². The Kier molecular flexibility index (Phi) is 8.37. The summed E-state index contributed by atoms with van der Waals surface area (Å²) in [5, 5.41) is 8.76. The number of nitrogens with zero attached hydrogens (tertiary/aromatic N) is 2. The maximum Gasteiger partial charge on any atom is 0.227 e. The highest BCUT2D eigenvalue weighted by molar-refractivity contribution is 14.0. The van der Waals surface area contributed by atoms with E-state index in [-0.39, 0.29) is 29.9 Å². The van der Waals surface area contributed by atoms with Gasteiger partial charge in [-0.15, -0.1) is 35.3 Å².